The van der Waals surface area contributed by atoms with Gasteiger partial charge in [-0.1, -0.05) is 75.4 Å². The van der Waals surface area contributed by atoms with Gasteiger partial charge in [-0.25, -0.2) is 15.0 Å². The Labute approximate surface area is 294 Å². The van der Waals surface area contributed by atoms with Crippen LogP contribution >= 0.6 is 0 Å². The average Bonchev–Trinajstić information content (AvgIpc) is 3.71. The summed E-state index contributed by atoms with van der Waals surface area (Å²) in [5, 5.41) is 3.73. The van der Waals surface area contributed by atoms with Gasteiger partial charge >= 0.3 is 0 Å². The lowest BCUT2D eigenvalue weighted by atomic mass is 9.77. The number of hydrogen-bond donors (Lipinski definition) is 1. The van der Waals surface area contributed by atoms with Gasteiger partial charge in [-0.2, -0.15) is 0 Å². The molecule has 3 heterocycles. The Hall–Kier alpha value is -4.62. The second kappa shape index (κ2) is 13.9. The Balaban J connectivity index is 1.51. The first-order chi connectivity index (χ1) is 24.0. The van der Waals surface area contributed by atoms with Gasteiger partial charge in [0, 0.05) is 7.11 Å². The average molecular weight is 696 g/mol. The van der Waals surface area contributed by atoms with Crippen LogP contribution in [0.25, 0.3) is 11.2 Å². The van der Waals surface area contributed by atoms with Gasteiger partial charge in [0.1, 0.15) is 41.7 Å². The van der Waals surface area contributed by atoms with E-state index >= 15 is 0 Å². The van der Waals surface area contributed by atoms with Crippen LogP contribution in [0.4, 0.5) is 5.82 Å². The number of hydrogen-bond acceptors (Lipinski definition) is 10. The third-order valence-corrected chi connectivity index (χ3v) is 14.5. The smallest absolute Gasteiger partial charge is 0.192 e. The molecule has 0 bridgehead atoms. The highest BCUT2D eigenvalue weighted by Crippen LogP contribution is 2.44. The van der Waals surface area contributed by atoms with Crippen molar-refractivity contribution in [1.82, 2.24) is 19.5 Å². The monoisotopic (exact) mass is 695 g/mol. The Bertz CT molecular complexity index is 1860. The highest BCUT2D eigenvalue weighted by Gasteiger charge is 2.51. The molecular formula is C38H45N5O6Si. The zero-order valence-corrected chi connectivity index (χ0v) is 30.8. The molecule has 1 saturated heterocycles. The number of ether oxygens (including phenoxy) is 4. The Morgan fingerprint density at radius 2 is 1.38 bits per heavy atom. The number of imidazole rings is 1. The van der Waals surface area contributed by atoms with Crippen molar-refractivity contribution >= 4 is 31.6 Å². The number of aromatic nitrogens is 4. The van der Waals surface area contributed by atoms with Gasteiger partial charge in [0.25, 0.3) is 0 Å². The van der Waals surface area contributed by atoms with E-state index in [4.69, 9.17) is 33.3 Å². The molecule has 0 amide bonds. The maximum Gasteiger partial charge on any atom is 0.192 e. The van der Waals surface area contributed by atoms with Crippen LogP contribution < -0.4 is 14.8 Å². The topological polar surface area (TPSA) is 119 Å². The number of benzene rings is 3. The van der Waals surface area contributed by atoms with E-state index in [1.807, 2.05) is 71.3 Å². The molecule has 11 nitrogen and oxygen atoms in total. The minimum Gasteiger partial charge on any atom is -0.497 e. The van der Waals surface area contributed by atoms with E-state index in [0.29, 0.717) is 17.0 Å². The largest absolute Gasteiger partial charge is 0.497 e. The molecule has 0 spiro atoms. The van der Waals surface area contributed by atoms with Gasteiger partial charge < -0.3 is 33.5 Å². The number of carbonyl (C=O) groups excluding carboxylic acids is 1. The zero-order chi connectivity index (χ0) is 35.7. The molecule has 0 saturated carbocycles. The van der Waals surface area contributed by atoms with Crippen molar-refractivity contribution in [3.63, 3.8) is 0 Å². The van der Waals surface area contributed by atoms with Crippen molar-refractivity contribution < 1.29 is 28.2 Å². The zero-order valence-electron chi connectivity index (χ0n) is 29.8. The molecule has 4 atom stereocenters. The number of methoxy groups -OCH3 is 3. The van der Waals surface area contributed by atoms with Crippen LogP contribution in [0.15, 0.2) is 91.5 Å². The molecule has 5 aromatic rings. The van der Waals surface area contributed by atoms with E-state index in [1.54, 1.807) is 27.7 Å². The SMILES string of the molecule is COc1ccc(C(Nc2ncnc3c2ncn3[C@@H]2O[C@H](C=O)[C@@H](OC)[C@H]2O[Si](C)(C)C(C)(C)C)(c2ccccc2)c2ccc(OC)cc2)cc1. The molecule has 6 rings (SSSR count). The minimum atomic E-state index is -2.33. The van der Waals surface area contributed by atoms with Crippen LogP contribution in [0.3, 0.4) is 0 Å². The number of fused-ring (bicyclic) bond motifs is 1. The summed E-state index contributed by atoms with van der Waals surface area (Å²) >= 11 is 0. The fourth-order valence-electron chi connectivity index (χ4n) is 6.30. The molecule has 0 aliphatic carbocycles. The molecule has 1 fully saturated rings. The van der Waals surface area contributed by atoms with Crippen molar-refractivity contribution in [3.05, 3.63) is 108 Å². The molecule has 0 unspecified atom stereocenters. The number of aldehydes is 1. The molecule has 1 aliphatic heterocycles. The lowest BCUT2D eigenvalue weighted by Crippen LogP contribution is -2.49. The number of rotatable bonds is 12. The van der Waals surface area contributed by atoms with Gasteiger partial charge in [0.05, 0.1) is 20.5 Å². The highest BCUT2D eigenvalue weighted by molar-refractivity contribution is 6.74. The standard InChI is InChI=1S/C38H45N5O6Si/c1-37(2,3)50(7,8)49-33-32(47-6)30(22-44)48-36(33)43-24-41-31-34(39-23-40-35(31)43)42-38(25-12-10-9-11-13-25,26-14-18-28(45-4)19-15-26)27-16-20-29(46-5)21-17-27/h9-24,30,32-33,36H,1-8H3,(H,39,40,42)/t30-,32-,33-,36-/m1/s1. The summed E-state index contributed by atoms with van der Waals surface area (Å²) in [7, 11) is 2.54. The van der Waals surface area contributed by atoms with E-state index in [9.17, 15) is 4.79 Å². The third-order valence-electron chi connectivity index (χ3n) is 10.1. The first-order valence-electron chi connectivity index (χ1n) is 16.6. The fourth-order valence-corrected chi connectivity index (χ4v) is 7.59. The predicted molar refractivity (Wildman–Crippen MR) is 194 cm³/mol. The summed E-state index contributed by atoms with van der Waals surface area (Å²) in [6, 6.07) is 26.1. The number of anilines is 1. The summed E-state index contributed by atoms with van der Waals surface area (Å²) in [5.41, 5.74) is 2.96. The van der Waals surface area contributed by atoms with Crippen LogP contribution in [0.1, 0.15) is 43.7 Å². The normalized spacial score (nSPS) is 19.8. The third kappa shape index (κ3) is 6.28. The van der Waals surface area contributed by atoms with E-state index in [-0.39, 0.29) is 5.04 Å². The second-order valence-electron chi connectivity index (χ2n) is 13.9. The van der Waals surface area contributed by atoms with Gasteiger partial charge in [0.2, 0.25) is 0 Å². The molecule has 0 radical (unpaired) electrons. The van der Waals surface area contributed by atoms with Crippen LogP contribution in [0.5, 0.6) is 11.5 Å². The predicted octanol–water partition coefficient (Wildman–Crippen LogP) is 6.75. The number of nitrogens with one attached hydrogen (secondary N) is 1. The van der Waals surface area contributed by atoms with E-state index in [2.05, 4.69) is 56.3 Å². The van der Waals surface area contributed by atoms with E-state index in [1.165, 1.54) is 6.33 Å². The molecule has 50 heavy (non-hydrogen) atoms. The first kappa shape index (κ1) is 35.2. The Kier molecular flexibility index (Phi) is 9.82. The molecular weight excluding hydrogens is 651 g/mol. The van der Waals surface area contributed by atoms with Crippen LogP contribution in [0.2, 0.25) is 18.1 Å². The van der Waals surface area contributed by atoms with Crippen molar-refractivity contribution in [2.24, 2.45) is 0 Å². The molecule has 2 aromatic heterocycles. The van der Waals surface area contributed by atoms with Gasteiger partial charge in [0.15, 0.2) is 37.8 Å². The second-order valence-corrected chi connectivity index (χ2v) is 18.7. The molecule has 1 N–H and O–H groups in total. The Morgan fingerprint density at radius 3 is 1.90 bits per heavy atom. The molecule has 262 valence electrons. The lowest BCUT2D eigenvalue weighted by molar-refractivity contribution is -0.123. The van der Waals surface area contributed by atoms with Gasteiger partial charge in [-0.05, 0) is 59.1 Å². The summed E-state index contributed by atoms with van der Waals surface area (Å²) in [5.74, 6) is 1.98. The maximum atomic E-state index is 12.2. The fraction of sp³-hybridized carbons (Fsp3) is 0.368. The highest BCUT2D eigenvalue weighted by atomic mass is 28.4. The maximum absolute atomic E-state index is 12.2. The van der Waals surface area contributed by atoms with E-state index in [0.717, 1.165) is 34.5 Å². The molecule has 12 heteroatoms. The summed E-state index contributed by atoms with van der Waals surface area (Å²) in [4.78, 5) is 26.5. The van der Waals surface area contributed by atoms with Crippen LogP contribution in [-0.4, -0.2) is 73.8 Å². The first-order valence-corrected chi connectivity index (χ1v) is 19.5. The summed E-state index contributed by atoms with van der Waals surface area (Å²) in [6.07, 6.45) is 1.20. The van der Waals surface area contributed by atoms with Crippen molar-refractivity contribution in [2.75, 3.05) is 26.6 Å². The molecule has 1 aliphatic rings. The van der Waals surface area contributed by atoms with Crippen molar-refractivity contribution in [1.29, 1.82) is 0 Å². The minimum absolute atomic E-state index is 0.0882. The summed E-state index contributed by atoms with van der Waals surface area (Å²) in [6.45, 7) is 10.9. The van der Waals surface area contributed by atoms with E-state index < -0.39 is 38.4 Å². The lowest BCUT2D eigenvalue weighted by Gasteiger charge is -2.40. The number of carbonyl (C=O) groups is 1. The Morgan fingerprint density at radius 1 is 0.800 bits per heavy atom. The van der Waals surface area contributed by atoms with Gasteiger partial charge in [-0.15, -0.1) is 0 Å². The summed E-state index contributed by atoms with van der Waals surface area (Å²) < 4.78 is 32.0. The van der Waals surface area contributed by atoms with Crippen molar-refractivity contribution in [3.8, 4) is 11.5 Å². The quantitative estimate of drug-likeness (QED) is 0.0853. The molecule has 3 aromatic carbocycles. The van der Waals surface area contributed by atoms with Crippen molar-refractivity contribution in [2.45, 2.75) is 69.0 Å². The number of nitrogens with zero attached hydrogens (tertiary/aromatic N) is 4. The van der Waals surface area contributed by atoms with Crippen LogP contribution in [0, 0.1) is 0 Å². The van der Waals surface area contributed by atoms with Gasteiger partial charge in [-0.3, -0.25) is 4.57 Å². The van der Waals surface area contributed by atoms with Crippen LogP contribution in [-0.2, 0) is 24.2 Å².